The summed E-state index contributed by atoms with van der Waals surface area (Å²) in [5.41, 5.74) is 7.58. The zero-order chi connectivity index (χ0) is 29.6. The molecule has 43 heavy (non-hydrogen) atoms. The van der Waals surface area contributed by atoms with Crippen LogP contribution < -0.4 is 5.43 Å². The molecule has 1 amide bonds. The van der Waals surface area contributed by atoms with Crippen molar-refractivity contribution in [2.24, 2.45) is 0 Å². The summed E-state index contributed by atoms with van der Waals surface area (Å²) in [4.78, 5) is 31.4. The van der Waals surface area contributed by atoms with Crippen LogP contribution in [0, 0.1) is 0 Å². The van der Waals surface area contributed by atoms with Crippen LogP contribution in [0.2, 0.25) is 0 Å². The van der Waals surface area contributed by atoms with E-state index in [1.54, 1.807) is 35.3 Å². The molecule has 214 valence electrons. The van der Waals surface area contributed by atoms with Crippen LogP contribution >= 0.6 is 0 Å². The number of Topliss-reactive ketones (excluding diaryl/α,β-unsaturated/α-hetero) is 1. The fourth-order valence-corrected chi connectivity index (χ4v) is 5.10. The van der Waals surface area contributed by atoms with E-state index in [9.17, 15) is 14.7 Å². The van der Waals surface area contributed by atoms with E-state index in [2.05, 4.69) is 15.5 Å². The smallest absolute Gasteiger partial charge is 0.426 e. The van der Waals surface area contributed by atoms with Gasteiger partial charge in [0.05, 0.1) is 13.1 Å². The monoisotopic (exact) mass is 571 g/mol. The molecule has 9 nitrogen and oxygen atoms in total. The summed E-state index contributed by atoms with van der Waals surface area (Å²) in [7, 11) is 0. The first-order valence-corrected chi connectivity index (χ1v) is 13.8. The topological polar surface area (TPSA) is 110 Å². The average Bonchev–Trinajstić information content (AvgIpc) is 3.54. The molecule has 0 bridgehead atoms. The molecule has 1 aliphatic heterocycles. The Morgan fingerprint density at radius 3 is 2.33 bits per heavy atom. The second kappa shape index (κ2) is 12.4. The van der Waals surface area contributed by atoms with Gasteiger partial charge in [-0.2, -0.15) is 5.10 Å². The van der Waals surface area contributed by atoms with Crippen LogP contribution in [0.25, 0.3) is 5.76 Å². The lowest BCUT2D eigenvalue weighted by Crippen LogP contribution is -2.45. The largest absolute Gasteiger partial charge is 0.504 e. The molecule has 0 unspecified atom stereocenters. The Balaban J connectivity index is 1.34. The molecule has 1 aliphatic rings. The minimum Gasteiger partial charge on any atom is -0.504 e. The predicted molar refractivity (Wildman–Crippen MR) is 160 cm³/mol. The number of ether oxygens (including phenoxy) is 1. The van der Waals surface area contributed by atoms with Gasteiger partial charge in [-0.3, -0.25) is 19.5 Å². The van der Waals surface area contributed by atoms with E-state index in [0.29, 0.717) is 29.8 Å². The third kappa shape index (κ3) is 6.46. The van der Waals surface area contributed by atoms with Crippen LogP contribution in [0.5, 0.6) is 0 Å². The van der Waals surface area contributed by atoms with Crippen LogP contribution in [-0.4, -0.2) is 36.8 Å². The summed E-state index contributed by atoms with van der Waals surface area (Å²) in [6.45, 7) is 0.619. The molecule has 0 fully saturated rings. The molecular weight excluding hydrogens is 542 g/mol. The Labute approximate surface area is 248 Å². The van der Waals surface area contributed by atoms with E-state index in [1.807, 2.05) is 85.1 Å². The molecule has 3 heterocycles. The van der Waals surface area contributed by atoms with E-state index in [4.69, 9.17) is 4.74 Å². The average molecular weight is 572 g/mol. The number of nitrogens with one attached hydrogen (secondary N) is 1. The fourth-order valence-electron chi connectivity index (χ4n) is 5.10. The molecule has 2 N–H and O–H groups in total. The molecule has 0 spiro atoms. The SMILES string of the molecule is O=C(NN1Cc2cccnc2C(O)=C1C(=O)c1cc(Cc2ccccc2)cc(Cn2cccn2)c1)OCc1ccccc1. The zero-order valence-electron chi connectivity index (χ0n) is 23.3. The van der Waals surface area contributed by atoms with Gasteiger partial charge in [0.1, 0.15) is 18.0 Å². The van der Waals surface area contributed by atoms with Gasteiger partial charge in [-0.05, 0) is 52.9 Å². The quantitative estimate of drug-likeness (QED) is 0.219. The number of benzene rings is 3. The molecule has 0 saturated heterocycles. The van der Waals surface area contributed by atoms with Crippen molar-refractivity contribution in [3.05, 3.63) is 160 Å². The Hall–Kier alpha value is -5.70. The highest BCUT2D eigenvalue weighted by molar-refractivity contribution is 6.12. The van der Waals surface area contributed by atoms with Gasteiger partial charge in [-0.1, -0.05) is 72.8 Å². The lowest BCUT2D eigenvalue weighted by atomic mass is 9.95. The number of carbonyl (C=O) groups excluding carboxylic acids is 2. The van der Waals surface area contributed by atoms with Crippen LogP contribution in [0.15, 0.2) is 121 Å². The van der Waals surface area contributed by atoms with Gasteiger partial charge < -0.3 is 9.84 Å². The van der Waals surface area contributed by atoms with Gasteiger partial charge in [0.15, 0.2) is 5.76 Å². The number of ketones is 1. The Morgan fingerprint density at radius 2 is 1.58 bits per heavy atom. The van der Waals surface area contributed by atoms with Gasteiger partial charge >= 0.3 is 6.09 Å². The number of amides is 1. The molecule has 6 rings (SSSR count). The van der Waals surface area contributed by atoms with Gasteiger partial charge in [-0.25, -0.2) is 10.2 Å². The summed E-state index contributed by atoms with van der Waals surface area (Å²) in [6.07, 6.45) is 4.96. The van der Waals surface area contributed by atoms with Crippen LogP contribution in [0.3, 0.4) is 0 Å². The van der Waals surface area contributed by atoms with Crippen molar-refractivity contribution in [3.8, 4) is 0 Å². The number of hydrogen-bond acceptors (Lipinski definition) is 7. The number of fused-ring (bicyclic) bond motifs is 1. The second-order valence-electron chi connectivity index (χ2n) is 10.2. The predicted octanol–water partition coefficient (Wildman–Crippen LogP) is 5.68. The van der Waals surface area contributed by atoms with E-state index < -0.39 is 11.9 Å². The van der Waals surface area contributed by atoms with Crippen molar-refractivity contribution in [2.75, 3.05) is 0 Å². The van der Waals surface area contributed by atoms with Crippen LogP contribution in [0.4, 0.5) is 4.79 Å². The fraction of sp³-hybridized carbons (Fsp3) is 0.118. The maximum Gasteiger partial charge on any atom is 0.426 e. The standard InChI is InChI=1S/C34H29N5O4/c40-32(29-19-26(17-24-9-3-1-4-10-24)18-27(20-29)21-38-16-8-15-36-38)31-33(41)30-28(13-7-14-35-30)22-39(31)37-34(42)43-23-25-11-5-2-6-12-25/h1-16,18-20,41H,17,21-23H2,(H,37,42). The highest BCUT2D eigenvalue weighted by Crippen LogP contribution is 2.30. The van der Waals surface area contributed by atoms with Crippen molar-refractivity contribution in [2.45, 2.75) is 26.1 Å². The summed E-state index contributed by atoms with van der Waals surface area (Å²) in [6, 6.07) is 30.3. The van der Waals surface area contributed by atoms with Gasteiger partial charge in [0, 0.05) is 29.7 Å². The molecular formula is C34H29N5O4. The second-order valence-corrected chi connectivity index (χ2v) is 10.2. The van der Waals surface area contributed by atoms with E-state index in [-0.39, 0.29) is 24.6 Å². The molecule has 0 atom stereocenters. The number of hydrazine groups is 1. The molecule has 2 aromatic heterocycles. The first kappa shape index (κ1) is 27.5. The lowest BCUT2D eigenvalue weighted by Gasteiger charge is -2.31. The number of hydrogen-bond donors (Lipinski definition) is 2. The van der Waals surface area contributed by atoms with Gasteiger partial charge in [-0.15, -0.1) is 0 Å². The van der Waals surface area contributed by atoms with Crippen molar-refractivity contribution in [3.63, 3.8) is 0 Å². The Bertz CT molecular complexity index is 1770. The first-order chi connectivity index (χ1) is 21.0. The third-order valence-corrected chi connectivity index (χ3v) is 7.06. The van der Waals surface area contributed by atoms with Crippen molar-refractivity contribution in [1.29, 1.82) is 0 Å². The molecule has 0 radical (unpaired) electrons. The molecule has 0 saturated carbocycles. The Morgan fingerprint density at radius 1 is 0.837 bits per heavy atom. The lowest BCUT2D eigenvalue weighted by molar-refractivity contribution is 0.0895. The number of aromatic nitrogens is 3. The van der Waals surface area contributed by atoms with Crippen LogP contribution in [-0.2, 0) is 30.9 Å². The van der Waals surface area contributed by atoms with E-state index in [1.165, 1.54) is 5.01 Å². The van der Waals surface area contributed by atoms with Crippen molar-refractivity contribution >= 4 is 17.6 Å². The number of rotatable bonds is 9. The first-order valence-electron chi connectivity index (χ1n) is 13.8. The van der Waals surface area contributed by atoms with E-state index >= 15 is 0 Å². The number of aliphatic hydroxyl groups excluding tert-OH is 1. The normalized spacial score (nSPS) is 12.5. The summed E-state index contributed by atoms with van der Waals surface area (Å²) >= 11 is 0. The maximum atomic E-state index is 14.2. The van der Waals surface area contributed by atoms with Crippen molar-refractivity contribution < 1.29 is 19.4 Å². The number of aliphatic hydroxyl groups is 1. The number of pyridine rings is 1. The number of allylic oxidation sites excluding steroid dienone is 1. The number of nitrogens with zero attached hydrogens (tertiary/aromatic N) is 4. The minimum atomic E-state index is -0.758. The van der Waals surface area contributed by atoms with Gasteiger partial charge in [0.25, 0.3) is 0 Å². The maximum absolute atomic E-state index is 14.2. The molecule has 3 aromatic carbocycles. The molecule has 0 aliphatic carbocycles. The number of carbonyl (C=O) groups is 2. The van der Waals surface area contributed by atoms with Crippen molar-refractivity contribution in [1.82, 2.24) is 25.2 Å². The minimum absolute atomic E-state index is 0.0515. The summed E-state index contributed by atoms with van der Waals surface area (Å²) in [5.74, 6) is -0.786. The molecule has 5 aromatic rings. The molecule has 9 heteroatoms. The van der Waals surface area contributed by atoms with Crippen LogP contribution in [0.1, 0.15) is 43.9 Å². The third-order valence-electron chi connectivity index (χ3n) is 7.06. The summed E-state index contributed by atoms with van der Waals surface area (Å²) in [5, 5.41) is 17.0. The van der Waals surface area contributed by atoms with E-state index in [0.717, 1.165) is 22.3 Å². The Kier molecular flexibility index (Phi) is 7.95. The highest BCUT2D eigenvalue weighted by Gasteiger charge is 2.33. The summed E-state index contributed by atoms with van der Waals surface area (Å²) < 4.78 is 7.20. The zero-order valence-corrected chi connectivity index (χ0v) is 23.3. The van der Waals surface area contributed by atoms with Gasteiger partial charge in [0.2, 0.25) is 5.78 Å². The highest BCUT2D eigenvalue weighted by atomic mass is 16.6.